The first-order valence-electron chi connectivity index (χ1n) is 5.29. The molecule has 0 aliphatic heterocycles. The van der Waals surface area contributed by atoms with E-state index in [0.717, 1.165) is 15.7 Å². The number of Topliss-reactive ketones (excluding diaryl/α,β-unsaturated/α-hetero) is 1. The minimum atomic E-state index is -0.928. The van der Waals surface area contributed by atoms with E-state index in [4.69, 9.17) is 0 Å². The fraction of sp³-hybridized carbons (Fsp3) is 0.0714. The lowest BCUT2D eigenvalue weighted by atomic mass is 10.0. The Bertz CT molecular complexity index is 596. The number of carbonyl (C=O) groups excluding carboxylic acids is 1. The second-order valence-corrected chi connectivity index (χ2v) is 4.99. The first-order chi connectivity index (χ1) is 8.58. The largest absolute Gasteiger partial charge is 0.294 e. The second-order valence-electron chi connectivity index (χ2n) is 3.83. The first kappa shape index (κ1) is 13.1. The van der Waals surface area contributed by atoms with Gasteiger partial charge < -0.3 is 0 Å². The predicted molar refractivity (Wildman–Crippen MR) is 73.6 cm³/mol. The molecule has 0 heterocycles. The van der Waals surface area contributed by atoms with Crippen molar-refractivity contribution in [2.24, 2.45) is 0 Å². The maximum Gasteiger partial charge on any atom is 0.168 e. The zero-order chi connectivity index (χ0) is 13.1. The Labute approximate surface area is 117 Å². The van der Waals surface area contributed by atoms with Crippen LogP contribution in [0.1, 0.15) is 15.9 Å². The minimum absolute atomic E-state index is 0.0667. The van der Waals surface area contributed by atoms with Gasteiger partial charge in [-0.2, -0.15) is 0 Å². The molecule has 0 radical (unpaired) electrons. The lowest BCUT2D eigenvalue weighted by molar-refractivity contribution is 0.0992. The standard InChI is InChI=1S/C14H9F2IO/c15-11-6-5-9(7-12(11)16)8-14(18)10-3-1-2-4-13(10)17/h1-7H,8H2. The van der Waals surface area contributed by atoms with Crippen LogP contribution in [0, 0.1) is 15.2 Å². The molecule has 0 fully saturated rings. The molecular formula is C14H9F2IO. The van der Waals surface area contributed by atoms with Gasteiger partial charge in [0.2, 0.25) is 0 Å². The zero-order valence-electron chi connectivity index (χ0n) is 9.29. The fourth-order valence-electron chi connectivity index (χ4n) is 1.62. The van der Waals surface area contributed by atoms with Crippen molar-refractivity contribution in [2.45, 2.75) is 6.42 Å². The number of ketones is 1. The average Bonchev–Trinajstić information content (AvgIpc) is 2.34. The van der Waals surface area contributed by atoms with Crippen LogP contribution in [0.25, 0.3) is 0 Å². The van der Waals surface area contributed by atoms with Gasteiger partial charge in [-0.05, 0) is 46.4 Å². The van der Waals surface area contributed by atoms with Crippen LogP contribution in [0.3, 0.4) is 0 Å². The third-order valence-corrected chi connectivity index (χ3v) is 3.46. The Morgan fingerprint density at radius 3 is 2.44 bits per heavy atom. The summed E-state index contributed by atoms with van der Waals surface area (Å²) < 4.78 is 26.6. The summed E-state index contributed by atoms with van der Waals surface area (Å²) in [5.74, 6) is -1.94. The van der Waals surface area contributed by atoms with Crippen molar-refractivity contribution >= 4 is 28.4 Å². The summed E-state index contributed by atoms with van der Waals surface area (Å²) in [6, 6.07) is 10.7. The average molecular weight is 358 g/mol. The molecular weight excluding hydrogens is 349 g/mol. The van der Waals surface area contributed by atoms with Gasteiger partial charge in [0.15, 0.2) is 17.4 Å². The maximum absolute atomic E-state index is 13.0. The third kappa shape index (κ3) is 2.93. The molecule has 0 saturated carbocycles. The highest BCUT2D eigenvalue weighted by atomic mass is 127. The molecule has 4 heteroatoms. The van der Waals surface area contributed by atoms with E-state index in [1.165, 1.54) is 6.07 Å². The Morgan fingerprint density at radius 2 is 1.78 bits per heavy atom. The van der Waals surface area contributed by atoms with Crippen molar-refractivity contribution in [1.29, 1.82) is 0 Å². The maximum atomic E-state index is 13.0. The zero-order valence-corrected chi connectivity index (χ0v) is 11.4. The van der Waals surface area contributed by atoms with Crippen molar-refractivity contribution in [3.8, 4) is 0 Å². The van der Waals surface area contributed by atoms with Crippen LogP contribution in [0.15, 0.2) is 42.5 Å². The molecule has 2 aromatic carbocycles. The highest BCUT2D eigenvalue weighted by molar-refractivity contribution is 14.1. The van der Waals surface area contributed by atoms with Crippen LogP contribution >= 0.6 is 22.6 Å². The molecule has 0 unspecified atom stereocenters. The molecule has 0 aliphatic carbocycles. The summed E-state index contributed by atoms with van der Waals surface area (Å²) in [7, 11) is 0. The van der Waals surface area contributed by atoms with E-state index in [9.17, 15) is 13.6 Å². The lowest BCUT2D eigenvalue weighted by Gasteiger charge is -2.04. The molecule has 0 spiro atoms. The summed E-state index contributed by atoms with van der Waals surface area (Å²) in [6.45, 7) is 0. The third-order valence-electron chi connectivity index (χ3n) is 2.52. The van der Waals surface area contributed by atoms with Crippen LogP contribution in [-0.2, 0) is 6.42 Å². The van der Waals surface area contributed by atoms with Gasteiger partial charge in [-0.25, -0.2) is 8.78 Å². The number of halogens is 3. The number of benzene rings is 2. The van der Waals surface area contributed by atoms with Crippen LogP contribution in [0.5, 0.6) is 0 Å². The molecule has 18 heavy (non-hydrogen) atoms. The van der Waals surface area contributed by atoms with Crippen molar-refractivity contribution < 1.29 is 13.6 Å². The van der Waals surface area contributed by atoms with Gasteiger partial charge in [0.25, 0.3) is 0 Å². The lowest BCUT2D eigenvalue weighted by Crippen LogP contribution is -2.06. The Kier molecular flexibility index (Phi) is 4.06. The number of hydrogen-bond donors (Lipinski definition) is 0. The van der Waals surface area contributed by atoms with Crippen LogP contribution in [0.2, 0.25) is 0 Å². The van der Waals surface area contributed by atoms with E-state index < -0.39 is 11.6 Å². The number of rotatable bonds is 3. The topological polar surface area (TPSA) is 17.1 Å². The molecule has 0 aliphatic rings. The summed E-state index contributed by atoms with van der Waals surface area (Å²) in [4.78, 5) is 12.0. The number of carbonyl (C=O) groups is 1. The monoisotopic (exact) mass is 358 g/mol. The Balaban J connectivity index is 2.22. The normalized spacial score (nSPS) is 10.4. The van der Waals surface area contributed by atoms with E-state index in [0.29, 0.717) is 11.1 Å². The summed E-state index contributed by atoms with van der Waals surface area (Å²) >= 11 is 2.08. The highest BCUT2D eigenvalue weighted by Gasteiger charge is 2.11. The summed E-state index contributed by atoms with van der Waals surface area (Å²) in [5, 5.41) is 0. The van der Waals surface area contributed by atoms with Crippen molar-refractivity contribution in [1.82, 2.24) is 0 Å². The van der Waals surface area contributed by atoms with E-state index >= 15 is 0 Å². The Morgan fingerprint density at radius 1 is 1.06 bits per heavy atom. The van der Waals surface area contributed by atoms with E-state index in [1.54, 1.807) is 12.1 Å². The molecule has 0 atom stereocenters. The number of hydrogen-bond acceptors (Lipinski definition) is 1. The Hall–Kier alpha value is -1.30. The van der Waals surface area contributed by atoms with Gasteiger partial charge >= 0.3 is 0 Å². The molecule has 92 valence electrons. The quantitative estimate of drug-likeness (QED) is 0.599. The van der Waals surface area contributed by atoms with Gasteiger partial charge in [0.1, 0.15) is 0 Å². The van der Waals surface area contributed by atoms with Crippen LogP contribution in [0.4, 0.5) is 8.78 Å². The van der Waals surface area contributed by atoms with E-state index in [-0.39, 0.29) is 12.2 Å². The molecule has 2 rings (SSSR count). The molecule has 1 nitrogen and oxygen atoms in total. The van der Waals surface area contributed by atoms with Gasteiger partial charge in [-0.15, -0.1) is 0 Å². The molecule has 2 aromatic rings. The smallest absolute Gasteiger partial charge is 0.168 e. The van der Waals surface area contributed by atoms with E-state index in [1.807, 2.05) is 12.1 Å². The van der Waals surface area contributed by atoms with Gasteiger partial charge in [0, 0.05) is 15.6 Å². The van der Waals surface area contributed by atoms with Gasteiger partial charge in [0.05, 0.1) is 0 Å². The molecule has 0 saturated heterocycles. The molecule has 0 aromatic heterocycles. The minimum Gasteiger partial charge on any atom is -0.294 e. The van der Waals surface area contributed by atoms with E-state index in [2.05, 4.69) is 22.6 Å². The highest BCUT2D eigenvalue weighted by Crippen LogP contribution is 2.16. The molecule has 0 amide bonds. The first-order valence-corrected chi connectivity index (χ1v) is 6.37. The van der Waals surface area contributed by atoms with Crippen molar-refractivity contribution in [3.63, 3.8) is 0 Å². The van der Waals surface area contributed by atoms with Crippen LogP contribution < -0.4 is 0 Å². The second kappa shape index (κ2) is 5.56. The molecule has 0 N–H and O–H groups in total. The summed E-state index contributed by atoms with van der Waals surface area (Å²) in [6.07, 6.45) is 0.0667. The van der Waals surface area contributed by atoms with Crippen LogP contribution in [-0.4, -0.2) is 5.78 Å². The fourth-order valence-corrected chi connectivity index (χ4v) is 2.31. The molecule has 0 bridgehead atoms. The predicted octanol–water partition coefficient (Wildman–Crippen LogP) is 3.99. The van der Waals surface area contributed by atoms with Gasteiger partial charge in [-0.1, -0.05) is 24.3 Å². The summed E-state index contributed by atoms with van der Waals surface area (Å²) in [5.41, 5.74) is 1.07. The van der Waals surface area contributed by atoms with Crippen molar-refractivity contribution in [3.05, 3.63) is 68.8 Å². The SMILES string of the molecule is O=C(Cc1ccc(F)c(F)c1)c1ccccc1I. The van der Waals surface area contributed by atoms with Crippen molar-refractivity contribution in [2.75, 3.05) is 0 Å². The van der Waals surface area contributed by atoms with Gasteiger partial charge in [-0.3, -0.25) is 4.79 Å².